The number of aryl methyl sites for hydroxylation is 2. The molecular formula is C21H25N7O2S2. The van der Waals surface area contributed by atoms with Gasteiger partial charge in [0.2, 0.25) is 5.95 Å². The Bertz CT molecular complexity index is 1340. The van der Waals surface area contributed by atoms with Crippen molar-refractivity contribution in [3.8, 4) is 0 Å². The highest BCUT2D eigenvalue weighted by Crippen LogP contribution is 2.27. The van der Waals surface area contributed by atoms with Crippen LogP contribution in [0.15, 0.2) is 44.3 Å². The summed E-state index contributed by atoms with van der Waals surface area (Å²) in [6, 6.07) is 10.1. The molecule has 32 heavy (non-hydrogen) atoms. The van der Waals surface area contributed by atoms with Gasteiger partial charge in [-0.3, -0.25) is 14.3 Å². The summed E-state index contributed by atoms with van der Waals surface area (Å²) in [5.74, 6) is 1.70. The zero-order valence-corrected chi connectivity index (χ0v) is 20.0. The minimum atomic E-state index is -0.473. The molecule has 11 heteroatoms. The molecule has 1 unspecified atom stereocenters. The van der Waals surface area contributed by atoms with Crippen molar-refractivity contribution >= 4 is 40.2 Å². The molecule has 0 fully saturated rings. The summed E-state index contributed by atoms with van der Waals surface area (Å²) in [6.45, 7) is 5.28. The number of nitrogens with zero attached hydrogens (tertiary/aromatic N) is 6. The number of fused-ring (bicyclic) bond motifs is 1. The Labute approximate surface area is 193 Å². The van der Waals surface area contributed by atoms with Crippen LogP contribution < -0.4 is 16.1 Å². The third-order valence-corrected chi connectivity index (χ3v) is 7.39. The summed E-state index contributed by atoms with van der Waals surface area (Å²) in [4.78, 5) is 34.0. The fourth-order valence-corrected chi connectivity index (χ4v) is 5.38. The topological polar surface area (TPSA) is 102 Å². The second-order valence-corrected chi connectivity index (χ2v) is 10.3. The summed E-state index contributed by atoms with van der Waals surface area (Å²) in [7, 11) is 3.57. The zero-order valence-electron chi connectivity index (χ0n) is 18.4. The van der Waals surface area contributed by atoms with E-state index in [0.717, 1.165) is 20.7 Å². The van der Waals surface area contributed by atoms with Gasteiger partial charge in [-0.05, 0) is 18.4 Å². The predicted octanol–water partition coefficient (Wildman–Crippen LogP) is 2.65. The lowest BCUT2D eigenvalue weighted by Gasteiger charge is -2.21. The molecule has 0 bridgehead atoms. The van der Waals surface area contributed by atoms with Gasteiger partial charge in [-0.1, -0.05) is 60.4 Å². The van der Waals surface area contributed by atoms with Crippen LogP contribution in [0.1, 0.15) is 17.5 Å². The number of thioether (sulfide) groups is 1. The molecule has 4 rings (SSSR count). The number of benzene rings is 1. The summed E-state index contributed by atoms with van der Waals surface area (Å²) < 4.78 is 4.25. The number of anilines is 1. The van der Waals surface area contributed by atoms with Crippen LogP contribution in [0.4, 0.5) is 5.95 Å². The molecule has 0 aliphatic heterocycles. The largest absolute Gasteiger partial charge is 0.341 e. The van der Waals surface area contributed by atoms with E-state index in [4.69, 9.17) is 4.98 Å². The molecule has 9 nitrogen and oxygen atoms in total. The Hall–Kier alpha value is -2.92. The van der Waals surface area contributed by atoms with Gasteiger partial charge in [0.1, 0.15) is 5.01 Å². The quantitative estimate of drug-likeness (QED) is 0.394. The molecule has 0 spiro atoms. The van der Waals surface area contributed by atoms with E-state index in [1.165, 1.54) is 4.57 Å². The number of H-pyrrole nitrogens is 1. The van der Waals surface area contributed by atoms with Gasteiger partial charge < -0.3 is 9.47 Å². The maximum atomic E-state index is 12.8. The van der Waals surface area contributed by atoms with E-state index in [1.807, 2.05) is 41.6 Å². The first kappa shape index (κ1) is 22.3. The van der Waals surface area contributed by atoms with Crippen molar-refractivity contribution in [1.29, 1.82) is 0 Å². The lowest BCUT2D eigenvalue weighted by atomic mass is 10.2. The first-order chi connectivity index (χ1) is 15.3. The van der Waals surface area contributed by atoms with Crippen LogP contribution in [-0.4, -0.2) is 42.1 Å². The van der Waals surface area contributed by atoms with Crippen LogP contribution >= 0.6 is 23.1 Å². The number of rotatable bonds is 8. The second kappa shape index (κ2) is 9.29. The van der Waals surface area contributed by atoms with Crippen molar-refractivity contribution in [1.82, 2.24) is 29.3 Å². The van der Waals surface area contributed by atoms with Gasteiger partial charge in [-0.25, -0.2) is 4.79 Å². The summed E-state index contributed by atoms with van der Waals surface area (Å²) in [6.07, 6.45) is 0. The monoisotopic (exact) mass is 471 g/mol. The number of imidazole rings is 1. The third kappa shape index (κ3) is 4.63. The van der Waals surface area contributed by atoms with Crippen molar-refractivity contribution in [3.63, 3.8) is 0 Å². The lowest BCUT2D eigenvalue weighted by molar-refractivity contribution is 0.536. The SMILES string of the molecule is Cc1nnc(SCC(C)Cn2c(N(C)Cc3ccccc3)nc3c2c(=O)[nH]c(=O)n3C)s1. The molecule has 1 aromatic carbocycles. The average molecular weight is 472 g/mol. The van der Waals surface area contributed by atoms with Gasteiger partial charge in [0.05, 0.1) is 0 Å². The van der Waals surface area contributed by atoms with Crippen LogP contribution in [0.3, 0.4) is 0 Å². The van der Waals surface area contributed by atoms with Crippen LogP contribution in [0.5, 0.6) is 0 Å². The lowest BCUT2D eigenvalue weighted by Crippen LogP contribution is -2.30. The van der Waals surface area contributed by atoms with Gasteiger partial charge in [0, 0.05) is 32.9 Å². The number of hydrogen-bond donors (Lipinski definition) is 1. The zero-order chi connectivity index (χ0) is 22.8. The highest BCUT2D eigenvalue weighted by atomic mass is 32.2. The predicted molar refractivity (Wildman–Crippen MR) is 129 cm³/mol. The highest BCUT2D eigenvalue weighted by Gasteiger charge is 2.21. The molecule has 0 amide bonds. The maximum absolute atomic E-state index is 12.8. The van der Waals surface area contributed by atoms with Crippen LogP contribution in [0, 0.1) is 12.8 Å². The Morgan fingerprint density at radius 3 is 2.66 bits per heavy atom. The van der Waals surface area contributed by atoms with E-state index in [2.05, 4.69) is 34.2 Å². The molecule has 168 valence electrons. The normalized spacial score (nSPS) is 12.4. The maximum Gasteiger partial charge on any atom is 0.329 e. The fourth-order valence-electron chi connectivity index (χ4n) is 3.53. The average Bonchev–Trinajstić information content (AvgIpc) is 3.35. The summed E-state index contributed by atoms with van der Waals surface area (Å²) >= 11 is 3.24. The molecule has 0 aliphatic carbocycles. The first-order valence-electron chi connectivity index (χ1n) is 10.2. The molecule has 1 N–H and O–H groups in total. The summed E-state index contributed by atoms with van der Waals surface area (Å²) in [5.41, 5.74) is 1.03. The van der Waals surface area contributed by atoms with Crippen LogP contribution in [0.2, 0.25) is 0 Å². The third-order valence-electron chi connectivity index (χ3n) is 5.08. The van der Waals surface area contributed by atoms with Crippen LogP contribution in [0.25, 0.3) is 11.2 Å². The van der Waals surface area contributed by atoms with Gasteiger partial charge in [-0.2, -0.15) is 4.98 Å². The highest BCUT2D eigenvalue weighted by molar-refractivity contribution is 8.01. The molecule has 0 saturated carbocycles. The summed E-state index contributed by atoms with van der Waals surface area (Å²) in [5, 5.41) is 9.18. The van der Waals surface area contributed by atoms with Crippen molar-refractivity contribution in [2.24, 2.45) is 13.0 Å². The minimum Gasteiger partial charge on any atom is -0.341 e. The van der Waals surface area contributed by atoms with Crippen molar-refractivity contribution in [2.45, 2.75) is 31.3 Å². The minimum absolute atomic E-state index is 0.224. The van der Waals surface area contributed by atoms with Gasteiger partial charge in [-0.15, -0.1) is 10.2 Å². The molecular weight excluding hydrogens is 446 g/mol. The Morgan fingerprint density at radius 2 is 1.97 bits per heavy atom. The number of hydrogen-bond acceptors (Lipinski definition) is 8. The van der Waals surface area contributed by atoms with Gasteiger partial charge in [0.25, 0.3) is 5.56 Å². The van der Waals surface area contributed by atoms with E-state index >= 15 is 0 Å². The fraction of sp³-hybridized carbons (Fsp3) is 0.381. The molecule has 0 saturated heterocycles. The van der Waals surface area contributed by atoms with Crippen molar-refractivity contribution < 1.29 is 0 Å². The molecule has 4 aromatic rings. The van der Waals surface area contributed by atoms with Crippen molar-refractivity contribution in [2.75, 3.05) is 17.7 Å². The van der Waals surface area contributed by atoms with E-state index in [0.29, 0.717) is 30.2 Å². The van der Waals surface area contributed by atoms with E-state index < -0.39 is 11.2 Å². The Balaban J connectivity index is 1.68. The van der Waals surface area contributed by atoms with E-state index in [9.17, 15) is 9.59 Å². The second-order valence-electron chi connectivity index (χ2n) is 7.86. The molecule has 1 atom stereocenters. The molecule has 0 aliphatic rings. The first-order valence-corrected chi connectivity index (χ1v) is 12.0. The van der Waals surface area contributed by atoms with Crippen LogP contribution in [-0.2, 0) is 20.1 Å². The van der Waals surface area contributed by atoms with Gasteiger partial charge >= 0.3 is 5.69 Å². The van der Waals surface area contributed by atoms with E-state index in [1.54, 1.807) is 30.1 Å². The molecule has 0 radical (unpaired) electrons. The number of aromatic nitrogens is 6. The molecule has 3 heterocycles. The standard InChI is InChI=1S/C21H25N7O2S2/c1-13(12-31-21-25-24-14(2)32-21)10-28-16-17(27(4)20(30)23-18(16)29)22-19(28)26(3)11-15-8-6-5-7-9-15/h5-9,13H,10-12H2,1-4H3,(H,23,29,30). The van der Waals surface area contributed by atoms with Crippen molar-refractivity contribution in [3.05, 3.63) is 61.7 Å². The smallest absolute Gasteiger partial charge is 0.329 e. The number of nitrogens with one attached hydrogen (secondary N) is 1. The molecule has 3 aromatic heterocycles. The van der Waals surface area contributed by atoms with E-state index in [-0.39, 0.29) is 5.92 Å². The van der Waals surface area contributed by atoms with Gasteiger partial charge in [0.15, 0.2) is 15.5 Å². The Morgan fingerprint density at radius 1 is 1.22 bits per heavy atom. The number of aromatic amines is 1. The Kier molecular flexibility index (Phi) is 6.47.